The Morgan fingerprint density at radius 1 is 1.06 bits per heavy atom. The van der Waals surface area contributed by atoms with Crippen molar-refractivity contribution in [1.82, 2.24) is 25.1 Å². The zero-order valence-corrected chi connectivity index (χ0v) is 29.6. The van der Waals surface area contributed by atoms with Crippen LogP contribution in [0.1, 0.15) is 79.8 Å². The van der Waals surface area contributed by atoms with Crippen LogP contribution < -0.4 is 15.9 Å². The zero-order chi connectivity index (χ0) is 34.9. The molecule has 256 valence electrons. The third-order valence-corrected chi connectivity index (χ3v) is 9.36. The molecule has 49 heavy (non-hydrogen) atoms. The smallest absolute Gasteiger partial charge is 0.124 e. The van der Waals surface area contributed by atoms with Gasteiger partial charge in [-0.15, -0.1) is 0 Å². The molecule has 0 bridgehead atoms. The number of H-pyrrole nitrogens is 2. The quantitative estimate of drug-likeness (QED) is 0.119. The van der Waals surface area contributed by atoms with Gasteiger partial charge in [-0.3, -0.25) is 10.1 Å². The van der Waals surface area contributed by atoms with Gasteiger partial charge in [-0.1, -0.05) is 76.1 Å². The minimum absolute atomic E-state index is 0.240. The zero-order valence-electron chi connectivity index (χ0n) is 29.6. The van der Waals surface area contributed by atoms with Crippen molar-refractivity contribution in [3.05, 3.63) is 124 Å². The molecule has 0 unspecified atom stereocenters. The van der Waals surface area contributed by atoms with E-state index in [4.69, 9.17) is 0 Å². The molecular formula is C42H51FN6. The Balaban J connectivity index is 1.34. The summed E-state index contributed by atoms with van der Waals surface area (Å²) < 4.78 is 14.8. The summed E-state index contributed by atoms with van der Waals surface area (Å²) in [6, 6.07) is 9.48. The van der Waals surface area contributed by atoms with Crippen LogP contribution in [0.3, 0.4) is 0 Å². The molecule has 0 saturated heterocycles. The molecule has 0 radical (unpaired) electrons. The first-order chi connectivity index (χ1) is 23.6. The number of hydrogen-bond acceptors (Lipinski definition) is 4. The fraction of sp³-hybridized carbons (Fsp3) is 0.333. The molecule has 1 fully saturated rings. The molecule has 1 saturated carbocycles. The number of benzene rings is 1. The van der Waals surface area contributed by atoms with Gasteiger partial charge in [0.05, 0.1) is 22.9 Å². The highest BCUT2D eigenvalue weighted by molar-refractivity contribution is 5.84. The Morgan fingerprint density at radius 3 is 2.61 bits per heavy atom. The Morgan fingerprint density at radius 2 is 1.86 bits per heavy atom. The predicted molar refractivity (Wildman–Crippen MR) is 205 cm³/mol. The molecule has 0 atom stereocenters. The number of allylic oxidation sites excluding steroid dienone is 5. The lowest BCUT2D eigenvalue weighted by molar-refractivity contribution is 0.357. The molecular weight excluding hydrogens is 608 g/mol. The van der Waals surface area contributed by atoms with E-state index in [0.29, 0.717) is 0 Å². The molecule has 6 nitrogen and oxygen atoms in total. The van der Waals surface area contributed by atoms with E-state index in [2.05, 4.69) is 95.4 Å². The number of rotatable bonds is 14. The van der Waals surface area contributed by atoms with Gasteiger partial charge in [0.15, 0.2) is 0 Å². The van der Waals surface area contributed by atoms with E-state index in [-0.39, 0.29) is 5.82 Å². The van der Waals surface area contributed by atoms with E-state index < -0.39 is 0 Å². The van der Waals surface area contributed by atoms with Gasteiger partial charge in [0.25, 0.3) is 0 Å². The minimum Gasteiger partial charge on any atom is -0.358 e. The van der Waals surface area contributed by atoms with Crippen LogP contribution in [-0.2, 0) is 6.42 Å². The molecule has 1 aliphatic carbocycles. The van der Waals surface area contributed by atoms with E-state index in [0.717, 1.165) is 104 Å². The van der Waals surface area contributed by atoms with E-state index >= 15 is 0 Å². The van der Waals surface area contributed by atoms with Crippen molar-refractivity contribution in [2.45, 2.75) is 65.2 Å². The second-order valence-electron chi connectivity index (χ2n) is 13.7. The van der Waals surface area contributed by atoms with Gasteiger partial charge in [-0.05, 0) is 118 Å². The number of aromatic nitrogens is 4. The van der Waals surface area contributed by atoms with Crippen molar-refractivity contribution < 1.29 is 4.39 Å². The number of nitrogens with one attached hydrogen (secondary N) is 3. The highest BCUT2D eigenvalue weighted by atomic mass is 19.1. The number of anilines is 1. The second-order valence-corrected chi connectivity index (χ2v) is 13.7. The third-order valence-electron chi connectivity index (χ3n) is 9.36. The molecule has 5 rings (SSSR count). The van der Waals surface area contributed by atoms with Crippen molar-refractivity contribution in [3.63, 3.8) is 0 Å². The first kappa shape index (κ1) is 35.6. The van der Waals surface area contributed by atoms with E-state index in [1.54, 1.807) is 18.2 Å². The summed E-state index contributed by atoms with van der Waals surface area (Å²) in [4.78, 5) is 10.1. The fourth-order valence-electron chi connectivity index (χ4n) is 6.74. The minimum atomic E-state index is -0.240. The van der Waals surface area contributed by atoms with Gasteiger partial charge in [0.2, 0.25) is 0 Å². The van der Waals surface area contributed by atoms with Crippen LogP contribution in [0.2, 0.25) is 0 Å². The van der Waals surface area contributed by atoms with Crippen LogP contribution in [0.5, 0.6) is 0 Å². The molecule has 0 aliphatic heterocycles. The van der Waals surface area contributed by atoms with Crippen LogP contribution >= 0.6 is 0 Å². The number of aryl methyl sites for hydroxylation is 2. The Labute approximate surface area is 291 Å². The molecule has 1 aromatic carbocycles. The Bertz CT molecular complexity index is 1950. The summed E-state index contributed by atoms with van der Waals surface area (Å²) in [7, 11) is 4.10. The maximum absolute atomic E-state index is 14.8. The summed E-state index contributed by atoms with van der Waals surface area (Å²) in [5.41, 5.74) is 10.3. The first-order valence-corrected chi connectivity index (χ1v) is 17.4. The molecule has 7 heteroatoms. The van der Waals surface area contributed by atoms with Crippen molar-refractivity contribution >= 4 is 29.5 Å². The van der Waals surface area contributed by atoms with Gasteiger partial charge >= 0.3 is 0 Å². The standard InChI is InChI=1S/C42H51FN6/c1-8-13-38(34-21-33(22-36(43)23-34)16-12-19-49(6)7)39-25-41(46-31(39)5)42-30(4)40(47-48-42)18-17-28(2)35-24-37(27-44-26-35)45-29(3)20-32-14-10-9-11-15-32/h8,13,17-18,21-27,32,45-47H,1,3-4,9-12,14-16,19-20H2,2,5-7H3/b28-17+,38-13-,40-18+. The predicted octanol–water partition coefficient (Wildman–Crippen LogP) is 8.55. The van der Waals surface area contributed by atoms with E-state index in [1.165, 1.54) is 32.1 Å². The summed E-state index contributed by atoms with van der Waals surface area (Å²) in [6.45, 7) is 17.6. The van der Waals surface area contributed by atoms with Gasteiger partial charge in [0.1, 0.15) is 11.5 Å². The largest absolute Gasteiger partial charge is 0.358 e. The van der Waals surface area contributed by atoms with Crippen molar-refractivity contribution in [2.75, 3.05) is 26.0 Å². The fourth-order valence-corrected chi connectivity index (χ4v) is 6.74. The molecule has 1 aliphatic rings. The number of nitrogens with zero attached hydrogens (tertiary/aromatic N) is 3. The van der Waals surface area contributed by atoms with Crippen molar-refractivity contribution in [3.8, 4) is 11.4 Å². The van der Waals surface area contributed by atoms with Gasteiger partial charge in [-0.2, -0.15) is 5.10 Å². The SMILES string of the molecule is C=C/C=C(/c1cc(F)cc(CCCN(C)C)c1)c1cc(-c2n[nH]/c(=C/C=C(\C)c3cncc(NC(=C)CC4CCCCC4)c3)c2=C)[nH]c1C. The van der Waals surface area contributed by atoms with Crippen LogP contribution in [0.25, 0.3) is 35.2 Å². The molecule has 0 spiro atoms. The third kappa shape index (κ3) is 9.45. The number of pyridine rings is 1. The van der Waals surface area contributed by atoms with Crippen molar-refractivity contribution in [1.29, 1.82) is 0 Å². The van der Waals surface area contributed by atoms with Gasteiger partial charge in [-0.25, -0.2) is 4.39 Å². The van der Waals surface area contributed by atoms with E-state index in [1.807, 2.05) is 31.5 Å². The van der Waals surface area contributed by atoms with E-state index in [9.17, 15) is 4.39 Å². The highest BCUT2D eigenvalue weighted by Crippen LogP contribution is 2.31. The Hall–Kier alpha value is -4.75. The van der Waals surface area contributed by atoms with Crippen LogP contribution in [0.15, 0.2) is 79.8 Å². The summed E-state index contributed by atoms with van der Waals surface area (Å²) in [5.74, 6) is 0.490. The van der Waals surface area contributed by atoms with Crippen LogP contribution in [0, 0.1) is 18.7 Å². The highest BCUT2D eigenvalue weighted by Gasteiger charge is 2.17. The van der Waals surface area contributed by atoms with Crippen LogP contribution in [-0.4, -0.2) is 45.7 Å². The lowest BCUT2D eigenvalue weighted by atomic mass is 9.86. The number of halogens is 1. The lowest BCUT2D eigenvalue weighted by Crippen LogP contribution is -2.21. The maximum atomic E-state index is 14.8. The summed E-state index contributed by atoms with van der Waals surface area (Å²) >= 11 is 0. The summed E-state index contributed by atoms with van der Waals surface area (Å²) in [6.07, 6.45) is 20.9. The Kier molecular flexibility index (Phi) is 12.0. The lowest BCUT2D eigenvalue weighted by Gasteiger charge is -2.22. The monoisotopic (exact) mass is 658 g/mol. The maximum Gasteiger partial charge on any atom is 0.124 e. The van der Waals surface area contributed by atoms with Gasteiger partial charge < -0.3 is 15.2 Å². The topological polar surface area (TPSA) is 72.6 Å². The normalized spacial score (nSPS) is 14.9. The van der Waals surface area contributed by atoms with Crippen LogP contribution in [0.4, 0.5) is 10.1 Å². The molecule has 3 aromatic heterocycles. The second kappa shape index (κ2) is 16.6. The van der Waals surface area contributed by atoms with Gasteiger partial charge in [0, 0.05) is 28.4 Å². The average molecular weight is 659 g/mol. The number of aromatic amines is 2. The summed E-state index contributed by atoms with van der Waals surface area (Å²) in [5, 5.41) is 12.9. The first-order valence-electron chi connectivity index (χ1n) is 17.4. The molecule has 0 amide bonds. The molecule has 4 aromatic rings. The molecule has 3 heterocycles. The van der Waals surface area contributed by atoms with Crippen molar-refractivity contribution in [2.24, 2.45) is 5.92 Å². The average Bonchev–Trinajstić information content (AvgIpc) is 3.63. The molecule has 3 N–H and O–H groups in total. The number of hydrogen-bond donors (Lipinski definition) is 3.